The van der Waals surface area contributed by atoms with E-state index < -0.39 is 0 Å². The summed E-state index contributed by atoms with van der Waals surface area (Å²) in [7, 11) is 0. The molecule has 4 aliphatic carbocycles. The zero-order valence-electron chi connectivity index (χ0n) is 15.2. The Morgan fingerprint density at radius 1 is 1.19 bits per heavy atom. The molecule has 1 unspecified atom stereocenters. The normalized spacial score (nSPS) is 37.9. The van der Waals surface area contributed by atoms with Gasteiger partial charge in [0.05, 0.1) is 0 Å². The Morgan fingerprint density at radius 2 is 1.88 bits per heavy atom. The number of amides is 2. The summed E-state index contributed by atoms with van der Waals surface area (Å²) in [6, 6.07) is -0.319. The molecular formula is C20H27N3O2S. The predicted molar refractivity (Wildman–Crippen MR) is 101 cm³/mol. The highest BCUT2D eigenvalue weighted by atomic mass is 32.1. The molecule has 6 heteroatoms. The standard InChI is InChI=1S/C20H27N3O2S/c24-17(12-20-9-13-6-14(10-20)8-15(7-13)11-20)23-4-1-2-16(23)18(25)22-19-21-3-5-26-19/h3,5,13-16H,1-2,4,6-12H2,(H,21,22,25). The smallest absolute Gasteiger partial charge is 0.248 e. The molecule has 1 aromatic heterocycles. The summed E-state index contributed by atoms with van der Waals surface area (Å²) in [6.45, 7) is 0.723. The van der Waals surface area contributed by atoms with Gasteiger partial charge in [0.25, 0.3) is 0 Å². The van der Waals surface area contributed by atoms with Crippen molar-refractivity contribution in [2.75, 3.05) is 11.9 Å². The molecule has 26 heavy (non-hydrogen) atoms. The third-order valence-electron chi connectivity index (χ3n) is 7.23. The van der Waals surface area contributed by atoms with Gasteiger partial charge < -0.3 is 10.2 Å². The predicted octanol–water partition coefficient (Wildman–Crippen LogP) is 3.68. The van der Waals surface area contributed by atoms with Gasteiger partial charge in [0.1, 0.15) is 6.04 Å². The lowest BCUT2D eigenvalue weighted by Crippen LogP contribution is -2.50. The molecular weight excluding hydrogens is 346 g/mol. The zero-order valence-corrected chi connectivity index (χ0v) is 16.0. The zero-order chi connectivity index (χ0) is 17.7. The first-order valence-corrected chi connectivity index (χ1v) is 11.0. The maximum atomic E-state index is 13.2. The summed E-state index contributed by atoms with van der Waals surface area (Å²) < 4.78 is 0. The second-order valence-corrected chi connectivity index (χ2v) is 10.1. The van der Waals surface area contributed by atoms with Crippen LogP contribution in [0.5, 0.6) is 0 Å². The van der Waals surface area contributed by atoms with Crippen LogP contribution in [0.15, 0.2) is 11.6 Å². The largest absolute Gasteiger partial charge is 0.331 e. The van der Waals surface area contributed by atoms with Crippen molar-refractivity contribution in [3.63, 3.8) is 0 Å². The van der Waals surface area contributed by atoms with Gasteiger partial charge in [-0.2, -0.15) is 0 Å². The molecule has 5 nitrogen and oxygen atoms in total. The Hall–Kier alpha value is -1.43. The molecule has 1 saturated heterocycles. The first-order valence-electron chi connectivity index (χ1n) is 10.1. The second kappa shape index (κ2) is 6.32. The summed E-state index contributed by atoms with van der Waals surface area (Å²) in [4.78, 5) is 31.8. The Bertz CT molecular complexity index is 667. The number of anilines is 1. The van der Waals surface area contributed by atoms with Crippen LogP contribution in [0.4, 0.5) is 5.13 Å². The van der Waals surface area contributed by atoms with Crippen LogP contribution >= 0.6 is 11.3 Å². The third-order valence-corrected chi connectivity index (χ3v) is 7.92. The first kappa shape index (κ1) is 16.7. The fourth-order valence-corrected chi connectivity index (χ4v) is 7.27. The van der Waals surface area contributed by atoms with E-state index >= 15 is 0 Å². The number of hydrogen-bond donors (Lipinski definition) is 1. The molecule has 0 aromatic carbocycles. The van der Waals surface area contributed by atoms with E-state index in [9.17, 15) is 9.59 Å². The van der Waals surface area contributed by atoms with E-state index in [1.54, 1.807) is 6.20 Å². The van der Waals surface area contributed by atoms with E-state index in [4.69, 9.17) is 0 Å². The van der Waals surface area contributed by atoms with Gasteiger partial charge in [-0.3, -0.25) is 9.59 Å². The Labute approximate surface area is 158 Å². The van der Waals surface area contributed by atoms with Gasteiger partial charge in [0, 0.05) is 24.5 Å². The molecule has 1 N–H and O–H groups in total. The van der Waals surface area contributed by atoms with E-state index in [0.717, 1.165) is 37.1 Å². The van der Waals surface area contributed by atoms with E-state index in [1.165, 1.54) is 49.9 Å². The molecule has 140 valence electrons. The molecule has 4 bridgehead atoms. The number of likely N-dealkylation sites (tertiary alicyclic amines) is 1. The van der Waals surface area contributed by atoms with E-state index in [0.29, 0.717) is 11.6 Å². The molecule has 2 heterocycles. The molecule has 5 aliphatic rings. The van der Waals surface area contributed by atoms with Crippen LogP contribution in [0.3, 0.4) is 0 Å². The maximum absolute atomic E-state index is 13.2. The van der Waals surface area contributed by atoms with Crippen molar-refractivity contribution in [3.8, 4) is 0 Å². The van der Waals surface area contributed by atoms with Crippen LogP contribution < -0.4 is 5.32 Å². The Morgan fingerprint density at radius 3 is 2.50 bits per heavy atom. The van der Waals surface area contributed by atoms with E-state index in [1.807, 2.05) is 10.3 Å². The summed E-state index contributed by atoms with van der Waals surface area (Å²) in [6.07, 6.45) is 12.0. The minimum Gasteiger partial charge on any atom is -0.331 e. The molecule has 6 rings (SSSR count). The number of carbonyl (C=O) groups is 2. The molecule has 1 aromatic rings. The number of carbonyl (C=O) groups excluding carboxylic acids is 2. The highest BCUT2D eigenvalue weighted by Gasteiger charge is 2.52. The van der Waals surface area contributed by atoms with Gasteiger partial charge in [-0.25, -0.2) is 4.98 Å². The molecule has 1 aliphatic heterocycles. The Balaban J connectivity index is 1.27. The fraction of sp³-hybridized carbons (Fsp3) is 0.750. The monoisotopic (exact) mass is 373 g/mol. The van der Waals surface area contributed by atoms with Crippen molar-refractivity contribution >= 4 is 28.3 Å². The van der Waals surface area contributed by atoms with Crippen molar-refractivity contribution in [3.05, 3.63) is 11.6 Å². The quantitative estimate of drug-likeness (QED) is 0.876. The first-order chi connectivity index (χ1) is 12.6. The van der Waals surface area contributed by atoms with Gasteiger partial charge in [0.2, 0.25) is 11.8 Å². The van der Waals surface area contributed by atoms with E-state index in [-0.39, 0.29) is 23.3 Å². The minimum atomic E-state index is -0.319. The van der Waals surface area contributed by atoms with Gasteiger partial charge in [-0.15, -0.1) is 11.3 Å². The summed E-state index contributed by atoms with van der Waals surface area (Å²) in [5.74, 6) is 2.71. The summed E-state index contributed by atoms with van der Waals surface area (Å²) >= 11 is 1.42. The van der Waals surface area contributed by atoms with Crippen molar-refractivity contribution in [2.45, 2.75) is 63.8 Å². The van der Waals surface area contributed by atoms with Crippen molar-refractivity contribution < 1.29 is 9.59 Å². The lowest BCUT2D eigenvalue weighted by molar-refractivity contribution is -0.143. The van der Waals surface area contributed by atoms with Gasteiger partial charge in [-0.05, 0) is 74.5 Å². The maximum Gasteiger partial charge on any atom is 0.248 e. The molecule has 5 fully saturated rings. The average molecular weight is 374 g/mol. The number of rotatable bonds is 4. The highest BCUT2D eigenvalue weighted by Crippen LogP contribution is 2.61. The number of nitrogens with one attached hydrogen (secondary N) is 1. The second-order valence-electron chi connectivity index (χ2n) is 9.17. The molecule has 1 atom stereocenters. The van der Waals surface area contributed by atoms with Crippen LogP contribution in [0.2, 0.25) is 0 Å². The fourth-order valence-electron chi connectivity index (χ4n) is 6.74. The number of hydrogen-bond acceptors (Lipinski definition) is 4. The molecule has 2 amide bonds. The lowest BCUT2D eigenvalue weighted by atomic mass is 9.49. The summed E-state index contributed by atoms with van der Waals surface area (Å²) in [5, 5.41) is 5.35. The topological polar surface area (TPSA) is 62.3 Å². The third kappa shape index (κ3) is 2.96. The van der Waals surface area contributed by atoms with Gasteiger partial charge in [-0.1, -0.05) is 0 Å². The number of aromatic nitrogens is 1. The summed E-state index contributed by atoms with van der Waals surface area (Å²) in [5.41, 5.74) is 0.241. The molecule has 0 radical (unpaired) electrons. The lowest BCUT2D eigenvalue weighted by Gasteiger charge is -2.57. The number of nitrogens with zero attached hydrogens (tertiary/aromatic N) is 2. The van der Waals surface area contributed by atoms with Crippen molar-refractivity contribution in [2.24, 2.45) is 23.2 Å². The molecule has 0 spiro atoms. The SMILES string of the molecule is O=C(Nc1nccs1)C1CCCN1C(=O)CC12CC3CC(CC(C3)C1)C2. The van der Waals surface area contributed by atoms with Gasteiger partial charge in [0.15, 0.2) is 5.13 Å². The molecule has 4 saturated carbocycles. The van der Waals surface area contributed by atoms with Crippen molar-refractivity contribution in [1.29, 1.82) is 0 Å². The Kier molecular flexibility index (Phi) is 4.07. The minimum absolute atomic E-state index is 0.0729. The van der Waals surface area contributed by atoms with Crippen LogP contribution in [0.1, 0.15) is 57.8 Å². The van der Waals surface area contributed by atoms with Crippen LogP contribution in [0.25, 0.3) is 0 Å². The van der Waals surface area contributed by atoms with Crippen LogP contribution in [-0.4, -0.2) is 34.3 Å². The van der Waals surface area contributed by atoms with Crippen LogP contribution in [0, 0.1) is 23.2 Å². The number of thiazole rings is 1. The van der Waals surface area contributed by atoms with Crippen LogP contribution in [-0.2, 0) is 9.59 Å². The van der Waals surface area contributed by atoms with E-state index in [2.05, 4.69) is 10.3 Å². The highest BCUT2D eigenvalue weighted by molar-refractivity contribution is 7.13. The van der Waals surface area contributed by atoms with Gasteiger partial charge >= 0.3 is 0 Å². The average Bonchev–Trinajstić information content (AvgIpc) is 3.24. The van der Waals surface area contributed by atoms with Crippen molar-refractivity contribution in [1.82, 2.24) is 9.88 Å².